The minimum absolute atomic E-state index is 0.730. The summed E-state index contributed by atoms with van der Waals surface area (Å²) in [4.78, 5) is 2.18. The normalized spacial score (nSPS) is 22.8. The summed E-state index contributed by atoms with van der Waals surface area (Å²) in [6.45, 7) is 5.66. The second-order valence-corrected chi connectivity index (χ2v) is 2.57. The molecule has 0 bridgehead atoms. The molecule has 2 nitrogen and oxygen atoms in total. The van der Waals surface area contributed by atoms with Crippen LogP contribution >= 0.6 is 0 Å². The van der Waals surface area contributed by atoms with E-state index in [1.54, 1.807) is 0 Å². The Balaban J connectivity index is 2.54. The smallest absolute Gasteiger partial charge is 0.0365 e. The predicted molar refractivity (Wildman–Crippen MR) is 39.0 cm³/mol. The van der Waals surface area contributed by atoms with Gasteiger partial charge in [-0.2, -0.15) is 0 Å². The lowest BCUT2D eigenvalue weighted by atomic mass is 10.1. The molecule has 1 rings (SSSR count). The molecule has 0 aromatic rings. The van der Waals surface area contributed by atoms with Crippen LogP contribution in [-0.4, -0.2) is 30.7 Å². The number of likely N-dealkylation sites (tertiary alicyclic amines) is 1. The molecule has 0 spiro atoms. The van der Waals surface area contributed by atoms with E-state index in [0.29, 0.717) is 0 Å². The molecular formula is C7H12N2. The first-order chi connectivity index (χ1) is 4.20. The molecule has 1 saturated heterocycles. The highest BCUT2D eigenvalue weighted by molar-refractivity contribution is 5.98. The minimum Gasteiger partial charge on any atom is -0.305 e. The van der Waals surface area contributed by atoms with Gasteiger partial charge in [0.05, 0.1) is 0 Å². The van der Waals surface area contributed by atoms with Gasteiger partial charge in [0, 0.05) is 25.2 Å². The van der Waals surface area contributed by atoms with Crippen molar-refractivity contribution in [3.63, 3.8) is 0 Å². The SMILES string of the molecule is C=C1CN(C)CCC1=N. The number of piperidine rings is 1. The maximum Gasteiger partial charge on any atom is 0.0365 e. The maximum absolute atomic E-state index is 7.36. The van der Waals surface area contributed by atoms with E-state index in [2.05, 4.69) is 18.5 Å². The van der Waals surface area contributed by atoms with Crippen molar-refractivity contribution in [2.75, 3.05) is 20.1 Å². The molecule has 1 heterocycles. The van der Waals surface area contributed by atoms with E-state index in [9.17, 15) is 0 Å². The summed E-state index contributed by atoms with van der Waals surface area (Å²) < 4.78 is 0. The lowest BCUT2D eigenvalue weighted by molar-refractivity contribution is 0.365. The van der Waals surface area contributed by atoms with E-state index in [-0.39, 0.29) is 0 Å². The fourth-order valence-electron chi connectivity index (χ4n) is 0.980. The molecule has 1 N–H and O–H groups in total. The zero-order valence-electron chi connectivity index (χ0n) is 5.78. The van der Waals surface area contributed by atoms with Gasteiger partial charge in [-0.1, -0.05) is 6.58 Å². The third kappa shape index (κ3) is 1.39. The van der Waals surface area contributed by atoms with Gasteiger partial charge in [0.25, 0.3) is 0 Å². The van der Waals surface area contributed by atoms with Crippen LogP contribution in [-0.2, 0) is 0 Å². The Morgan fingerprint density at radius 1 is 1.67 bits per heavy atom. The second kappa shape index (κ2) is 2.31. The van der Waals surface area contributed by atoms with E-state index >= 15 is 0 Å². The first kappa shape index (κ1) is 6.49. The number of rotatable bonds is 0. The molecular weight excluding hydrogens is 112 g/mol. The van der Waals surface area contributed by atoms with Gasteiger partial charge in [0.15, 0.2) is 0 Å². The van der Waals surface area contributed by atoms with Crippen molar-refractivity contribution in [1.82, 2.24) is 4.90 Å². The number of likely N-dealkylation sites (N-methyl/N-ethyl adjacent to an activating group) is 1. The summed E-state index contributed by atoms with van der Waals surface area (Å²) in [7, 11) is 2.05. The highest BCUT2D eigenvalue weighted by atomic mass is 15.1. The van der Waals surface area contributed by atoms with Crippen molar-refractivity contribution in [2.45, 2.75) is 6.42 Å². The summed E-state index contributed by atoms with van der Waals surface area (Å²) in [6, 6.07) is 0. The summed E-state index contributed by atoms with van der Waals surface area (Å²) in [5, 5.41) is 7.36. The van der Waals surface area contributed by atoms with Crippen molar-refractivity contribution in [3.8, 4) is 0 Å². The number of hydrogen-bond donors (Lipinski definition) is 1. The quantitative estimate of drug-likeness (QED) is 0.510. The standard InChI is InChI=1S/C7H12N2/c1-6-5-9(2)4-3-7(6)8/h8H,1,3-5H2,2H3. The number of nitrogens with zero attached hydrogens (tertiary/aromatic N) is 1. The Kier molecular flexibility index (Phi) is 1.67. The van der Waals surface area contributed by atoms with Crippen molar-refractivity contribution in [3.05, 3.63) is 12.2 Å². The Bertz CT molecular complexity index is 149. The van der Waals surface area contributed by atoms with Gasteiger partial charge in [-0.25, -0.2) is 0 Å². The Labute approximate surface area is 55.7 Å². The van der Waals surface area contributed by atoms with Crippen LogP contribution in [0.2, 0.25) is 0 Å². The van der Waals surface area contributed by atoms with Gasteiger partial charge in [0.1, 0.15) is 0 Å². The molecule has 9 heavy (non-hydrogen) atoms. The van der Waals surface area contributed by atoms with Crippen LogP contribution in [0.1, 0.15) is 6.42 Å². The Hall–Kier alpha value is -0.630. The molecule has 0 amide bonds. The van der Waals surface area contributed by atoms with Crippen molar-refractivity contribution in [2.24, 2.45) is 0 Å². The first-order valence-corrected chi connectivity index (χ1v) is 3.14. The topological polar surface area (TPSA) is 27.1 Å². The second-order valence-electron chi connectivity index (χ2n) is 2.57. The van der Waals surface area contributed by atoms with E-state index in [4.69, 9.17) is 5.41 Å². The zero-order chi connectivity index (χ0) is 6.85. The van der Waals surface area contributed by atoms with Crippen LogP contribution in [0.3, 0.4) is 0 Å². The van der Waals surface area contributed by atoms with Crippen LogP contribution in [0.4, 0.5) is 0 Å². The van der Waals surface area contributed by atoms with Gasteiger partial charge in [-0.3, -0.25) is 0 Å². The van der Waals surface area contributed by atoms with Gasteiger partial charge in [-0.15, -0.1) is 0 Å². The highest BCUT2D eigenvalue weighted by Gasteiger charge is 2.12. The Morgan fingerprint density at radius 2 is 2.33 bits per heavy atom. The van der Waals surface area contributed by atoms with Crippen LogP contribution in [0.25, 0.3) is 0 Å². The summed E-state index contributed by atoms with van der Waals surface area (Å²) in [5.74, 6) is 0. The molecule has 0 unspecified atom stereocenters. The number of hydrogen-bond acceptors (Lipinski definition) is 2. The molecule has 1 aliphatic rings. The molecule has 50 valence electrons. The van der Waals surface area contributed by atoms with Crippen molar-refractivity contribution in [1.29, 1.82) is 5.41 Å². The maximum atomic E-state index is 7.36. The highest BCUT2D eigenvalue weighted by Crippen LogP contribution is 2.07. The molecule has 0 aromatic carbocycles. The predicted octanol–water partition coefficient (Wildman–Crippen LogP) is 0.898. The molecule has 0 aliphatic carbocycles. The number of nitrogens with one attached hydrogen (secondary N) is 1. The van der Waals surface area contributed by atoms with E-state index in [0.717, 1.165) is 30.8 Å². The minimum atomic E-state index is 0.730. The van der Waals surface area contributed by atoms with Gasteiger partial charge in [-0.05, 0) is 12.6 Å². The van der Waals surface area contributed by atoms with Crippen molar-refractivity contribution < 1.29 is 0 Å². The lowest BCUT2D eigenvalue weighted by Crippen LogP contribution is -2.31. The van der Waals surface area contributed by atoms with E-state index in [1.807, 2.05) is 0 Å². The molecule has 1 fully saturated rings. The monoisotopic (exact) mass is 124 g/mol. The largest absolute Gasteiger partial charge is 0.305 e. The fourth-order valence-corrected chi connectivity index (χ4v) is 0.980. The average Bonchev–Trinajstić information content (AvgIpc) is 1.80. The van der Waals surface area contributed by atoms with Crippen LogP contribution in [0, 0.1) is 5.41 Å². The molecule has 1 aliphatic heterocycles. The van der Waals surface area contributed by atoms with Crippen LogP contribution < -0.4 is 0 Å². The summed E-state index contributed by atoms with van der Waals surface area (Å²) >= 11 is 0. The molecule has 0 aromatic heterocycles. The summed E-state index contributed by atoms with van der Waals surface area (Å²) in [6.07, 6.45) is 0.870. The molecule has 0 radical (unpaired) electrons. The van der Waals surface area contributed by atoms with Crippen LogP contribution in [0.15, 0.2) is 12.2 Å². The first-order valence-electron chi connectivity index (χ1n) is 3.14. The van der Waals surface area contributed by atoms with Gasteiger partial charge < -0.3 is 10.3 Å². The Morgan fingerprint density at radius 3 is 2.78 bits per heavy atom. The molecule has 0 atom stereocenters. The van der Waals surface area contributed by atoms with Crippen LogP contribution in [0.5, 0.6) is 0 Å². The third-order valence-electron chi connectivity index (χ3n) is 1.63. The van der Waals surface area contributed by atoms with Gasteiger partial charge >= 0.3 is 0 Å². The van der Waals surface area contributed by atoms with E-state index < -0.39 is 0 Å². The van der Waals surface area contributed by atoms with E-state index in [1.165, 1.54) is 0 Å². The average molecular weight is 124 g/mol. The molecule has 2 heteroatoms. The van der Waals surface area contributed by atoms with Gasteiger partial charge in [0.2, 0.25) is 0 Å². The zero-order valence-corrected chi connectivity index (χ0v) is 5.78. The molecule has 0 saturated carbocycles. The third-order valence-corrected chi connectivity index (χ3v) is 1.63. The lowest BCUT2D eigenvalue weighted by Gasteiger charge is -2.23. The fraction of sp³-hybridized carbons (Fsp3) is 0.571. The van der Waals surface area contributed by atoms with Crippen molar-refractivity contribution >= 4 is 5.71 Å². The summed E-state index contributed by atoms with van der Waals surface area (Å²) in [5.41, 5.74) is 1.71.